The normalized spacial score (nSPS) is 11.5. The summed E-state index contributed by atoms with van der Waals surface area (Å²) in [5.41, 5.74) is 1.44. The molecule has 0 radical (unpaired) electrons. The summed E-state index contributed by atoms with van der Waals surface area (Å²) in [5, 5.41) is 0. The van der Waals surface area contributed by atoms with Gasteiger partial charge in [0.15, 0.2) is 4.80 Å². The Bertz CT molecular complexity index is 1000. The Morgan fingerprint density at radius 2 is 2.04 bits per heavy atom. The third-order valence-corrected chi connectivity index (χ3v) is 4.85. The van der Waals surface area contributed by atoms with Gasteiger partial charge in [0.25, 0.3) is 5.91 Å². The Balaban J connectivity index is 2.11. The van der Waals surface area contributed by atoms with E-state index in [9.17, 15) is 4.79 Å². The smallest absolute Gasteiger partial charge is 0.279 e. The number of para-hydroxylation sites is 1. The molecule has 0 saturated heterocycles. The number of fused-ring (bicyclic) bond motifs is 1. The third-order valence-electron chi connectivity index (χ3n) is 3.81. The third kappa shape index (κ3) is 3.55. The number of allylic oxidation sites excluding steroid dienone is 1. The van der Waals surface area contributed by atoms with Crippen LogP contribution in [0.2, 0.25) is 0 Å². The molecule has 6 heteroatoms. The predicted octanol–water partition coefficient (Wildman–Crippen LogP) is 4.04. The molecule has 2 aromatic carbocycles. The molecule has 5 nitrogen and oxygen atoms in total. The highest BCUT2D eigenvalue weighted by Crippen LogP contribution is 2.27. The number of methoxy groups -OCH3 is 1. The van der Waals surface area contributed by atoms with Gasteiger partial charge in [-0.05, 0) is 43.3 Å². The second-order valence-electron chi connectivity index (χ2n) is 5.47. The van der Waals surface area contributed by atoms with Crippen LogP contribution < -0.4 is 14.3 Å². The Morgan fingerprint density at radius 1 is 1.27 bits per heavy atom. The van der Waals surface area contributed by atoms with Crippen molar-refractivity contribution in [2.75, 3.05) is 13.7 Å². The summed E-state index contributed by atoms with van der Waals surface area (Å²) in [6, 6.07) is 12.8. The Morgan fingerprint density at radius 3 is 2.69 bits per heavy atom. The van der Waals surface area contributed by atoms with Gasteiger partial charge >= 0.3 is 0 Å². The van der Waals surface area contributed by atoms with Crippen molar-refractivity contribution in [2.45, 2.75) is 13.5 Å². The molecule has 0 aliphatic rings. The zero-order valence-electron chi connectivity index (χ0n) is 14.8. The van der Waals surface area contributed by atoms with Crippen LogP contribution in [-0.4, -0.2) is 24.2 Å². The predicted molar refractivity (Wildman–Crippen MR) is 104 cm³/mol. The summed E-state index contributed by atoms with van der Waals surface area (Å²) in [6.45, 7) is 6.87. The highest BCUT2D eigenvalue weighted by molar-refractivity contribution is 7.16. The number of rotatable bonds is 6. The van der Waals surface area contributed by atoms with Gasteiger partial charge in [0, 0.05) is 12.1 Å². The number of thiazole rings is 1. The average molecular weight is 368 g/mol. The molecule has 0 saturated carbocycles. The van der Waals surface area contributed by atoms with Gasteiger partial charge in [-0.1, -0.05) is 23.5 Å². The van der Waals surface area contributed by atoms with Crippen molar-refractivity contribution in [2.24, 2.45) is 4.99 Å². The molecule has 3 rings (SSSR count). The van der Waals surface area contributed by atoms with Crippen LogP contribution in [0, 0.1) is 0 Å². The summed E-state index contributed by atoms with van der Waals surface area (Å²) < 4.78 is 13.8. The van der Waals surface area contributed by atoms with Crippen molar-refractivity contribution in [3.8, 4) is 11.5 Å². The second kappa shape index (κ2) is 8.01. The lowest BCUT2D eigenvalue weighted by Crippen LogP contribution is -2.16. The van der Waals surface area contributed by atoms with Crippen molar-refractivity contribution >= 4 is 27.5 Å². The first-order chi connectivity index (χ1) is 12.7. The summed E-state index contributed by atoms with van der Waals surface area (Å²) in [4.78, 5) is 17.5. The lowest BCUT2D eigenvalue weighted by atomic mass is 10.2. The Labute approximate surface area is 155 Å². The first kappa shape index (κ1) is 17.9. The molecule has 0 bridgehead atoms. The molecule has 0 unspecified atom stereocenters. The zero-order valence-corrected chi connectivity index (χ0v) is 15.6. The van der Waals surface area contributed by atoms with Crippen LogP contribution in [0.1, 0.15) is 17.3 Å². The van der Waals surface area contributed by atoms with E-state index in [2.05, 4.69) is 11.6 Å². The number of nitrogens with zero attached hydrogens (tertiary/aromatic N) is 2. The molecule has 1 aromatic heterocycles. The number of hydrogen-bond acceptors (Lipinski definition) is 4. The number of ether oxygens (including phenoxy) is 2. The van der Waals surface area contributed by atoms with Gasteiger partial charge in [-0.2, -0.15) is 4.99 Å². The van der Waals surface area contributed by atoms with Gasteiger partial charge in [-0.15, -0.1) is 6.58 Å². The fourth-order valence-electron chi connectivity index (χ4n) is 2.64. The largest absolute Gasteiger partial charge is 0.497 e. The molecule has 0 aliphatic heterocycles. The summed E-state index contributed by atoms with van der Waals surface area (Å²) in [5.74, 6) is 1.18. The van der Waals surface area contributed by atoms with Gasteiger partial charge in [-0.3, -0.25) is 4.79 Å². The van der Waals surface area contributed by atoms with Crippen molar-refractivity contribution < 1.29 is 14.3 Å². The van der Waals surface area contributed by atoms with Gasteiger partial charge < -0.3 is 14.0 Å². The highest BCUT2D eigenvalue weighted by Gasteiger charge is 2.12. The molecule has 26 heavy (non-hydrogen) atoms. The quantitative estimate of drug-likeness (QED) is 0.617. The lowest BCUT2D eigenvalue weighted by molar-refractivity contribution is 0.0998. The minimum absolute atomic E-state index is 0.296. The van der Waals surface area contributed by atoms with E-state index < -0.39 is 0 Å². The number of carbonyl (C=O) groups is 1. The molecule has 0 fully saturated rings. The van der Waals surface area contributed by atoms with Crippen LogP contribution in [0.3, 0.4) is 0 Å². The van der Waals surface area contributed by atoms with Crippen LogP contribution in [0.5, 0.6) is 11.5 Å². The molecule has 3 aromatic rings. The van der Waals surface area contributed by atoms with E-state index >= 15 is 0 Å². The van der Waals surface area contributed by atoms with E-state index in [1.807, 2.05) is 29.7 Å². The number of benzene rings is 2. The van der Waals surface area contributed by atoms with Crippen LogP contribution in [0.25, 0.3) is 10.2 Å². The SMILES string of the molecule is C=CCn1c(=NC(=O)c2ccc(OC)cc2)sc2cccc(OCC)c21. The fraction of sp³-hybridized carbons (Fsp3) is 0.200. The van der Waals surface area contributed by atoms with Crippen LogP contribution >= 0.6 is 11.3 Å². The van der Waals surface area contributed by atoms with E-state index in [4.69, 9.17) is 9.47 Å². The second-order valence-corrected chi connectivity index (χ2v) is 6.47. The number of amides is 1. The standard InChI is InChI=1S/C20H20N2O3S/c1-4-13-22-18-16(25-5-2)7-6-8-17(18)26-20(22)21-19(23)14-9-11-15(24-3)12-10-14/h4,6-12H,1,5,13H2,2-3H3. The van der Waals surface area contributed by atoms with E-state index in [1.165, 1.54) is 11.3 Å². The van der Waals surface area contributed by atoms with Crippen molar-refractivity contribution in [3.05, 3.63) is 65.5 Å². The monoisotopic (exact) mass is 368 g/mol. The van der Waals surface area contributed by atoms with Crippen molar-refractivity contribution in [1.29, 1.82) is 0 Å². The molecule has 0 atom stereocenters. The van der Waals surface area contributed by atoms with Crippen molar-refractivity contribution in [3.63, 3.8) is 0 Å². The number of aromatic nitrogens is 1. The van der Waals surface area contributed by atoms with E-state index in [1.54, 1.807) is 37.5 Å². The molecule has 0 spiro atoms. The maximum absolute atomic E-state index is 12.6. The first-order valence-electron chi connectivity index (χ1n) is 8.27. The fourth-order valence-corrected chi connectivity index (χ4v) is 3.69. The number of carbonyl (C=O) groups excluding carboxylic acids is 1. The molecule has 0 N–H and O–H groups in total. The minimum Gasteiger partial charge on any atom is -0.497 e. The van der Waals surface area contributed by atoms with E-state index in [-0.39, 0.29) is 5.91 Å². The maximum atomic E-state index is 12.6. The summed E-state index contributed by atoms with van der Waals surface area (Å²) >= 11 is 1.46. The van der Waals surface area contributed by atoms with Crippen LogP contribution in [0.15, 0.2) is 60.1 Å². The van der Waals surface area contributed by atoms with Crippen LogP contribution in [-0.2, 0) is 6.54 Å². The Kier molecular flexibility index (Phi) is 5.53. The molecule has 1 amide bonds. The lowest BCUT2D eigenvalue weighted by Gasteiger charge is -2.08. The topological polar surface area (TPSA) is 52.8 Å². The maximum Gasteiger partial charge on any atom is 0.279 e. The molecule has 1 heterocycles. The molecule has 0 aliphatic carbocycles. The van der Waals surface area contributed by atoms with Crippen LogP contribution in [0.4, 0.5) is 0 Å². The van der Waals surface area contributed by atoms with Gasteiger partial charge in [-0.25, -0.2) is 0 Å². The van der Waals surface area contributed by atoms with Gasteiger partial charge in [0.2, 0.25) is 0 Å². The van der Waals surface area contributed by atoms with Gasteiger partial charge in [0.1, 0.15) is 17.0 Å². The minimum atomic E-state index is -0.296. The number of hydrogen-bond donors (Lipinski definition) is 0. The van der Waals surface area contributed by atoms with Gasteiger partial charge in [0.05, 0.1) is 18.4 Å². The zero-order chi connectivity index (χ0) is 18.5. The molecular formula is C20H20N2O3S. The van der Waals surface area contributed by atoms with E-state index in [0.29, 0.717) is 29.3 Å². The summed E-state index contributed by atoms with van der Waals surface area (Å²) in [6.07, 6.45) is 1.78. The van der Waals surface area contributed by atoms with E-state index in [0.717, 1.165) is 16.0 Å². The summed E-state index contributed by atoms with van der Waals surface area (Å²) in [7, 11) is 1.59. The highest BCUT2D eigenvalue weighted by atomic mass is 32.1. The first-order valence-corrected chi connectivity index (χ1v) is 9.08. The molecular weight excluding hydrogens is 348 g/mol. The Hall–Kier alpha value is -2.86. The molecule has 134 valence electrons. The van der Waals surface area contributed by atoms with Crippen molar-refractivity contribution in [1.82, 2.24) is 4.57 Å². The average Bonchev–Trinajstić information content (AvgIpc) is 3.00.